The molecule has 2 aromatic rings. The number of hydrogen-bond acceptors (Lipinski definition) is 5. The molecule has 2 aromatic carbocycles. The average Bonchev–Trinajstić information content (AvgIpc) is 3.12. The van der Waals surface area contributed by atoms with Gasteiger partial charge in [-0.1, -0.05) is 11.6 Å². The summed E-state index contributed by atoms with van der Waals surface area (Å²) >= 11 is 11.9. The number of nitrogens with one attached hydrogen (secondary N) is 1. The Labute approximate surface area is 239 Å². The molecule has 7 nitrogen and oxygen atoms in total. The van der Waals surface area contributed by atoms with Crippen molar-refractivity contribution in [3.05, 3.63) is 53.6 Å². The van der Waals surface area contributed by atoms with E-state index in [0.717, 1.165) is 37.0 Å². The molecule has 4 bridgehead atoms. The molecular formula is C30H34ClN3O4S. The van der Waals surface area contributed by atoms with Crippen LogP contribution in [0.2, 0.25) is 5.02 Å². The zero-order valence-electron chi connectivity index (χ0n) is 22.1. The third-order valence-corrected chi connectivity index (χ3v) is 9.55. The summed E-state index contributed by atoms with van der Waals surface area (Å²) < 4.78 is 11.8. The van der Waals surface area contributed by atoms with E-state index < -0.39 is 6.04 Å². The number of ether oxygens (including phenoxy) is 2. The largest absolute Gasteiger partial charge is 0.497 e. The fourth-order valence-corrected chi connectivity index (χ4v) is 8.09. The highest BCUT2D eigenvalue weighted by molar-refractivity contribution is 7.80. The van der Waals surface area contributed by atoms with E-state index in [4.69, 9.17) is 33.3 Å². The van der Waals surface area contributed by atoms with Crippen molar-refractivity contribution in [2.45, 2.75) is 56.6 Å². The highest BCUT2D eigenvalue weighted by atomic mass is 35.5. The molecule has 0 spiro atoms. The molecule has 9 heteroatoms. The number of hydrogen-bond donors (Lipinski definition) is 1. The lowest BCUT2D eigenvalue weighted by Gasteiger charge is -2.56. The van der Waals surface area contributed by atoms with Crippen LogP contribution in [0.15, 0.2) is 48.5 Å². The lowest BCUT2D eigenvalue weighted by atomic mass is 9.54. The minimum absolute atomic E-state index is 0.0214. The number of carbonyl (C=O) groups is 2. The van der Waals surface area contributed by atoms with Gasteiger partial charge in [0, 0.05) is 17.3 Å². The van der Waals surface area contributed by atoms with Crippen LogP contribution < -0.4 is 15.0 Å². The van der Waals surface area contributed by atoms with E-state index >= 15 is 0 Å². The monoisotopic (exact) mass is 567 g/mol. The molecule has 1 N–H and O–H groups in total. The van der Waals surface area contributed by atoms with E-state index in [1.807, 2.05) is 4.90 Å². The Balaban J connectivity index is 1.16. The summed E-state index contributed by atoms with van der Waals surface area (Å²) in [5.41, 5.74) is 1.25. The highest BCUT2D eigenvalue weighted by Crippen LogP contribution is 2.57. The number of amides is 2. The van der Waals surface area contributed by atoms with Gasteiger partial charge in [-0.3, -0.25) is 14.5 Å². The van der Waals surface area contributed by atoms with Gasteiger partial charge in [-0.15, -0.1) is 0 Å². The second kappa shape index (κ2) is 10.7. The fraction of sp³-hybridized carbons (Fsp3) is 0.500. The molecule has 7 rings (SSSR count). The predicted molar refractivity (Wildman–Crippen MR) is 155 cm³/mol. The first-order valence-corrected chi connectivity index (χ1v) is 14.6. The lowest BCUT2D eigenvalue weighted by Crippen LogP contribution is -2.52. The number of halogens is 1. The van der Waals surface area contributed by atoms with Gasteiger partial charge < -0.3 is 19.7 Å². The number of thiocarbonyl (C=S) groups is 1. The molecule has 1 aliphatic heterocycles. The first kappa shape index (κ1) is 26.5. The summed E-state index contributed by atoms with van der Waals surface area (Å²) in [5.74, 6) is 2.60. The van der Waals surface area contributed by atoms with Crippen LogP contribution in [0.4, 0.5) is 11.4 Å². The van der Waals surface area contributed by atoms with Gasteiger partial charge in [-0.25, -0.2) is 0 Å². The quantitative estimate of drug-likeness (QED) is 0.394. The minimum Gasteiger partial charge on any atom is -0.497 e. The Bertz CT molecular complexity index is 1220. The van der Waals surface area contributed by atoms with Crippen LogP contribution in [0.1, 0.15) is 44.9 Å². The van der Waals surface area contributed by atoms with Crippen molar-refractivity contribution in [3.63, 3.8) is 0 Å². The van der Waals surface area contributed by atoms with E-state index in [2.05, 4.69) is 5.32 Å². The van der Waals surface area contributed by atoms with E-state index in [-0.39, 0.29) is 23.8 Å². The van der Waals surface area contributed by atoms with Gasteiger partial charge in [0.1, 0.15) is 11.8 Å². The van der Waals surface area contributed by atoms with Gasteiger partial charge in [0.15, 0.2) is 5.11 Å². The average molecular weight is 568 g/mol. The molecule has 1 heterocycles. The Morgan fingerprint density at radius 1 is 1.03 bits per heavy atom. The molecule has 2 amide bonds. The predicted octanol–water partition coefficient (Wildman–Crippen LogP) is 5.66. The van der Waals surface area contributed by atoms with E-state index in [1.165, 1.54) is 24.2 Å². The third kappa shape index (κ3) is 5.39. The zero-order chi connectivity index (χ0) is 27.1. The maximum absolute atomic E-state index is 13.7. The van der Waals surface area contributed by atoms with Crippen molar-refractivity contribution >= 4 is 52.1 Å². The minimum atomic E-state index is -0.716. The molecule has 0 aromatic heterocycles. The van der Waals surface area contributed by atoms with Crippen molar-refractivity contribution < 1.29 is 19.1 Å². The van der Waals surface area contributed by atoms with Crippen LogP contribution in [0.25, 0.3) is 0 Å². The van der Waals surface area contributed by atoms with Crippen LogP contribution in [0.3, 0.4) is 0 Å². The molecule has 1 saturated heterocycles. The summed E-state index contributed by atoms with van der Waals surface area (Å²) in [4.78, 5) is 30.2. The maximum Gasteiger partial charge on any atom is 0.256 e. The standard InChI is InChI=1S/C30H34ClN3O4S/c1-37-25-8-4-23(5-9-25)32-27(35)15-26-28(36)34(24-6-2-22(31)3-7-24)29(39)33(26)10-11-38-30-16-19-12-20(17-30)14-21(13-19)18-30/h2-9,19-21,26H,10-18H2,1H3,(H,32,35)/t19?,20?,21?,26-,30?/m1/s1. The van der Waals surface area contributed by atoms with E-state index in [0.29, 0.717) is 40.4 Å². The summed E-state index contributed by atoms with van der Waals surface area (Å²) in [5, 5.41) is 3.86. The number of anilines is 2. The van der Waals surface area contributed by atoms with Crippen molar-refractivity contribution in [1.82, 2.24) is 4.90 Å². The second-order valence-corrected chi connectivity index (χ2v) is 12.4. The van der Waals surface area contributed by atoms with Crippen LogP contribution in [-0.2, 0) is 14.3 Å². The van der Waals surface area contributed by atoms with E-state index in [1.54, 1.807) is 55.6 Å². The fourth-order valence-electron chi connectivity index (χ4n) is 7.55. The molecule has 206 valence electrons. The Kier molecular flexibility index (Phi) is 7.29. The third-order valence-electron chi connectivity index (χ3n) is 8.88. The Hall–Kier alpha value is -2.68. The molecule has 4 saturated carbocycles. The van der Waals surface area contributed by atoms with Gasteiger partial charge in [-0.05, 0) is 117 Å². The topological polar surface area (TPSA) is 71.1 Å². The first-order chi connectivity index (χ1) is 18.8. The van der Waals surface area contributed by atoms with Gasteiger partial charge in [0.25, 0.3) is 5.91 Å². The van der Waals surface area contributed by atoms with Gasteiger partial charge in [0.2, 0.25) is 5.91 Å². The van der Waals surface area contributed by atoms with Crippen molar-refractivity contribution in [2.75, 3.05) is 30.5 Å². The summed E-state index contributed by atoms with van der Waals surface area (Å²) in [6, 6.07) is 13.4. The van der Waals surface area contributed by atoms with Gasteiger partial charge in [-0.2, -0.15) is 0 Å². The molecule has 5 aliphatic rings. The van der Waals surface area contributed by atoms with Gasteiger partial charge >= 0.3 is 0 Å². The van der Waals surface area contributed by atoms with Crippen LogP contribution in [0.5, 0.6) is 5.75 Å². The number of carbonyl (C=O) groups excluding carboxylic acids is 2. The molecule has 39 heavy (non-hydrogen) atoms. The number of methoxy groups -OCH3 is 1. The maximum atomic E-state index is 13.7. The summed E-state index contributed by atoms with van der Waals surface area (Å²) in [6.45, 7) is 0.932. The SMILES string of the molecule is COc1ccc(NC(=O)C[C@@H]2C(=O)N(c3ccc(Cl)cc3)C(=S)N2CCOC23CC4CC(CC(C4)C2)C3)cc1. The zero-order valence-corrected chi connectivity index (χ0v) is 23.7. The van der Waals surface area contributed by atoms with Crippen LogP contribution in [0, 0.1) is 17.8 Å². The number of benzene rings is 2. The summed E-state index contributed by atoms with van der Waals surface area (Å²) in [7, 11) is 1.59. The molecule has 0 radical (unpaired) electrons. The highest BCUT2D eigenvalue weighted by Gasteiger charge is 2.52. The number of nitrogens with zero attached hydrogens (tertiary/aromatic N) is 2. The van der Waals surface area contributed by atoms with Crippen molar-refractivity contribution in [1.29, 1.82) is 0 Å². The number of rotatable bonds is 9. The smallest absolute Gasteiger partial charge is 0.256 e. The second-order valence-electron chi connectivity index (χ2n) is 11.6. The Morgan fingerprint density at radius 2 is 1.64 bits per heavy atom. The lowest BCUT2D eigenvalue weighted by molar-refractivity contribution is -0.163. The van der Waals surface area contributed by atoms with Crippen LogP contribution in [-0.4, -0.2) is 53.7 Å². The van der Waals surface area contributed by atoms with E-state index in [9.17, 15) is 9.59 Å². The Morgan fingerprint density at radius 3 is 2.23 bits per heavy atom. The first-order valence-electron chi connectivity index (χ1n) is 13.8. The molecule has 0 unspecified atom stereocenters. The summed E-state index contributed by atoms with van der Waals surface area (Å²) in [6.07, 6.45) is 7.48. The van der Waals surface area contributed by atoms with Gasteiger partial charge in [0.05, 0.1) is 31.4 Å². The van der Waals surface area contributed by atoms with Crippen molar-refractivity contribution in [2.24, 2.45) is 17.8 Å². The van der Waals surface area contributed by atoms with Crippen molar-refractivity contribution in [3.8, 4) is 5.75 Å². The van der Waals surface area contributed by atoms with Crippen LogP contribution >= 0.6 is 23.8 Å². The molecule has 5 fully saturated rings. The normalized spacial score (nSPS) is 29.3. The molecule has 4 aliphatic carbocycles. The molecule has 1 atom stereocenters. The molecular weight excluding hydrogens is 534 g/mol.